The first kappa shape index (κ1) is 20.8. The number of aliphatic imine (C=N–C) groups is 1. The topological polar surface area (TPSA) is 75.3 Å². The molecule has 0 aliphatic rings. The first-order valence-electron chi connectivity index (χ1n) is 8.82. The van der Waals surface area contributed by atoms with Gasteiger partial charge in [0, 0.05) is 31.0 Å². The Kier molecular flexibility index (Phi) is 6.53. The van der Waals surface area contributed by atoms with Crippen molar-refractivity contribution in [3.8, 4) is 11.5 Å². The van der Waals surface area contributed by atoms with Crippen molar-refractivity contribution in [1.82, 2.24) is 20.6 Å². The Bertz CT molecular complexity index is 963. The maximum atomic E-state index is 12.6. The van der Waals surface area contributed by atoms with E-state index in [4.69, 9.17) is 4.42 Å². The maximum absolute atomic E-state index is 12.6. The van der Waals surface area contributed by atoms with Crippen LogP contribution in [0.5, 0.6) is 0 Å². The lowest BCUT2D eigenvalue weighted by Crippen LogP contribution is -2.37. The third-order valence-electron chi connectivity index (χ3n) is 3.98. The highest BCUT2D eigenvalue weighted by Gasteiger charge is 2.33. The summed E-state index contributed by atoms with van der Waals surface area (Å²) in [5.41, 5.74) is 1.91. The second-order valence-electron chi connectivity index (χ2n) is 6.24. The number of nitrogens with zero attached hydrogens (tertiary/aromatic N) is 3. The molecule has 2 heterocycles. The summed E-state index contributed by atoms with van der Waals surface area (Å²) in [6.07, 6.45) is -2.47. The Morgan fingerprint density at radius 3 is 2.59 bits per heavy atom. The molecule has 0 radical (unpaired) electrons. The van der Waals surface area contributed by atoms with Crippen LogP contribution in [0.2, 0.25) is 0 Å². The predicted octanol–water partition coefficient (Wildman–Crippen LogP) is 4.03. The number of rotatable bonds is 6. The Labute approximate surface area is 169 Å². The van der Waals surface area contributed by atoms with E-state index in [0.717, 1.165) is 27.8 Å². The third kappa shape index (κ3) is 5.80. The quantitative estimate of drug-likeness (QED) is 0.463. The number of alkyl halides is 3. The fraction of sp³-hybridized carbons (Fsp3) is 0.316. The Morgan fingerprint density at radius 1 is 1.17 bits per heavy atom. The molecule has 29 heavy (non-hydrogen) atoms. The molecule has 10 heteroatoms. The smallest absolute Gasteiger partial charge is 0.434 e. The molecule has 0 aliphatic heterocycles. The number of aryl methyl sites for hydroxylation is 1. The molecule has 0 aliphatic carbocycles. The summed E-state index contributed by atoms with van der Waals surface area (Å²) in [4.78, 5) is 12.1. The molecule has 0 spiro atoms. The van der Waals surface area contributed by atoms with Gasteiger partial charge in [0.1, 0.15) is 6.26 Å². The van der Waals surface area contributed by atoms with Crippen molar-refractivity contribution in [3.63, 3.8) is 0 Å². The normalized spacial score (nSPS) is 12.2. The standard InChI is InChI=1S/C19H20F3N5OS/c1-12-3-5-13(6-4-12)17-26-14(10-28-17)9-25-18(23-2)24-8-7-16-27-15(11-29-16)19(20,21)22/h3-6,10-11H,7-9H2,1-2H3,(H2,23,24,25). The molecule has 2 aromatic heterocycles. The van der Waals surface area contributed by atoms with Gasteiger partial charge in [0.2, 0.25) is 5.89 Å². The minimum atomic E-state index is -4.41. The van der Waals surface area contributed by atoms with Crippen LogP contribution in [0, 0.1) is 6.92 Å². The molecule has 3 aromatic rings. The molecule has 1 aromatic carbocycles. The van der Waals surface area contributed by atoms with Crippen LogP contribution >= 0.6 is 11.3 Å². The summed E-state index contributed by atoms with van der Waals surface area (Å²) in [5.74, 6) is 1.05. The minimum Gasteiger partial charge on any atom is -0.444 e. The highest BCUT2D eigenvalue weighted by atomic mass is 32.1. The number of guanidine groups is 1. The van der Waals surface area contributed by atoms with E-state index in [-0.39, 0.29) is 0 Å². The van der Waals surface area contributed by atoms with Crippen molar-refractivity contribution < 1.29 is 17.6 Å². The van der Waals surface area contributed by atoms with Gasteiger partial charge in [0.05, 0.1) is 17.2 Å². The summed E-state index contributed by atoms with van der Waals surface area (Å²) >= 11 is 0.994. The van der Waals surface area contributed by atoms with Crippen LogP contribution < -0.4 is 10.6 Å². The van der Waals surface area contributed by atoms with Crippen LogP contribution in [0.1, 0.15) is 22.0 Å². The highest BCUT2D eigenvalue weighted by molar-refractivity contribution is 7.09. The largest absolute Gasteiger partial charge is 0.444 e. The van der Waals surface area contributed by atoms with Crippen molar-refractivity contribution in [2.45, 2.75) is 26.1 Å². The van der Waals surface area contributed by atoms with Gasteiger partial charge in [-0.25, -0.2) is 9.97 Å². The van der Waals surface area contributed by atoms with Gasteiger partial charge in [0.25, 0.3) is 0 Å². The van der Waals surface area contributed by atoms with E-state index in [1.54, 1.807) is 13.3 Å². The Balaban J connectivity index is 1.47. The van der Waals surface area contributed by atoms with E-state index < -0.39 is 11.9 Å². The lowest BCUT2D eigenvalue weighted by atomic mass is 10.1. The number of halogens is 3. The van der Waals surface area contributed by atoms with E-state index in [0.29, 0.717) is 42.1 Å². The van der Waals surface area contributed by atoms with Gasteiger partial charge < -0.3 is 15.1 Å². The predicted molar refractivity (Wildman–Crippen MR) is 106 cm³/mol. The van der Waals surface area contributed by atoms with Crippen molar-refractivity contribution in [2.24, 2.45) is 4.99 Å². The van der Waals surface area contributed by atoms with Gasteiger partial charge in [-0.3, -0.25) is 4.99 Å². The Morgan fingerprint density at radius 2 is 1.93 bits per heavy atom. The molecule has 0 amide bonds. The lowest BCUT2D eigenvalue weighted by Gasteiger charge is -2.10. The zero-order valence-electron chi connectivity index (χ0n) is 15.9. The minimum absolute atomic E-state index is 0.364. The molecule has 154 valence electrons. The Hall–Kier alpha value is -2.88. The van der Waals surface area contributed by atoms with Crippen molar-refractivity contribution in [1.29, 1.82) is 0 Å². The summed E-state index contributed by atoms with van der Waals surface area (Å²) < 4.78 is 43.3. The van der Waals surface area contributed by atoms with Gasteiger partial charge >= 0.3 is 6.18 Å². The van der Waals surface area contributed by atoms with Crippen LogP contribution in [0.4, 0.5) is 13.2 Å². The molecule has 0 saturated carbocycles. The fourth-order valence-electron chi connectivity index (χ4n) is 2.46. The van der Waals surface area contributed by atoms with E-state index in [1.807, 2.05) is 31.2 Å². The molecule has 2 N–H and O–H groups in total. The molecule has 6 nitrogen and oxygen atoms in total. The molecule has 0 fully saturated rings. The van der Waals surface area contributed by atoms with Crippen LogP contribution in [0.3, 0.4) is 0 Å². The summed E-state index contributed by atoms with van der Waals surface area (Å²) in [5, 5.41) is 7.58. The van der Waals surface area contributed by atoms with Crippen LogP contribution in [-0.4, -0.2) is 29.5 Å². The van der Waals surface area contributed by atoms with Crippen LogP contribution in [0.25, 0.3) is 11.5 Å². The molecule has 0 unspecified atom stereocenters. The van der Waals surface area contributed by atoms with Gasteiger partial charge in [0.15, 0.2) is 11.7 Å². The number of hydrogen-bond acceptors (Lipinski definition) is 5. The second-order valence-corrected chi connectivity index (χ2v) is 7.18. The molecule has 0 bridgehead atoms. The van der Waals surface area contributed by atoms with Crippen LogP contribution in [0.15, 0.2) is 45.3 Å². The monoisotopic (exact) mass is 423 g/mol. The van der Waals surface area contributed by atoms with E-state index in [2.05, 4.69) is 25.6 Å². The zero-order valence-corrected chi connectivity index (χ0v) is 16.7. The molecular weight excluding hydrogens is 403 g/mol. The van der Waals surface area contributed by atoms with Gasteiger partial charge in [-0.05, 0) is 19.1 Å². The average Bonchev–Trinajstić information content (AvgIpc) is 3.34. The maximum Gasteiger partial charge on any atom is 0.434 e. The third-order valence-corrected chi connectivity index (χ3v) is 4.89. The van der Waals surface area contributed by atoms with E-state index in [1.165, 1.54) is 0 Å². The van der Waals surface area contributed by atoms with E-state index in [9.17, 15) is 13.2 Å². The number of thiazole rings is 1. The van der Waals surface area contributed by atoms with Gasteiger partial charge in [-0.2, -0.15) is 13.2 Å². The van der Waals surface area contributed by atoms with Crippen molar-refractivity contribution in [3.05, 3.63) is 57.9 Å². The number of hydrogen-bond donors (Lipinski definition) is 2. The summed E-state index contributed by atoms with van der Waals surface area (Å²) in [7, 11) is 1.61. The first-order valence-corrected chi connectivity index (χ1v) is 9.70. The molecule has 0 saturated heterocycles. The van der Waals surface area contributed by atoms with Crippen LogP contribution in [-0.2, 0) is 19.1 Å². The van der Waals surface area contributed by atoms with Crippen molar-refractivity contribution in [2.75, 3.05) is 13.6 Å². The first-order chi connectivity index (χ1) is 13.8. The lowest BCUT2D eigenvalue weighted by molar-refractivity contribution is -0.140. The molecule has 0 atom stereocenters. The summed E-state index contributed by atoms with van der Waals surface area (Å²) in [6, 6.07) is 7.87. The number of benzene rings is 1. The van der Waals surface area contributed by atoms with E-state index >= 15 is 0 Å². The SMILES string of the molecule is CN=C(NCCc1nc(C(F)(F)F)cs1)NCc1coc(-c2ccc(C)cc2)n1. The second kappa shape index (κ2) is 9.08. The number of nitrogens with one attached hydrogen (secondary N) is 2. The fourth-order valence-corrected chi connectivity index (χ4v) is 3.26. The molecular formula is C19H20F3N5OS. The summed E-state index contributed by atoms with van der Waals surface area (Å²) in [6.45, 7) is 2.81. The van der Waals surface area contributed by atoms with Crippen molar-refractivity contribution >= 4 is 17.3 Å². The number of aromatic nitrogens is 2. The average molecular weight is 423 g/mol. The highest BCUT2D eigenvalue weighted by Crippen LogP contribution is 2.30. The molecule has 3 rings (SSSR count). The van der Waals surface area contributed by atoms with Gasteiger partial charge in [-0.15, -0.1) is 11.3 Å². The zero-order chi connectivity index (χ0) is 20.9. The van der Waals surface area contributed by atoms with Gasteiger partial charge in [-0.1, -0.05) is 17.7 Å². The number of oxazole rings is 1.